The van der Waals surface area contributed by atoms with Gasteiger partial charge in [-0.05, 0) is 24.6 Å². The Labute approximate surface area is 130 Å². The summed E-state index contributed by atoms with van der Waals surface area (Å²) in [7, 11) is 1.35. The standard InChI is InChI=1S/C13H17BrN2O3S/c1-19-13(18)3-2-6-16-12(17)8-20-11-7-9(14)4-5-10(11)15/h4-5,7H,2-3,6,8,15H2,1H3,(H,16,17). The highest BCUT2D eigenvalue weighted by atomic mass is 79.9. The zero-order chi connectivity index (χ0) is 15.0. The second-order valence-corrected chi connectivity index (χ2v) is 5.93. The molecule has 0 heterocycles. The van der Waals surface area contributed by atoms with Crippen LogP contribution >= 0.6 is 27.7 Å². The van der Waals surface area contributed by atoms with Crippen LogP contribution in [0.5, 0.6) is 0 Å². The number of rotatable bonds is 7. The van der Waals surface area contributed by atoms with Crippen LogP contribution in [0.2, 0.25) is 0 Å². The number of amides is 1. The van der Waals surface area contributed by atoms with Crippen molar-refractivity contribution >= 4 is 45.3 Å². The van der Waals surface area contributed by atoms with Gasteiger partial charge in [0.25, 0.3) is 0 Å². The average Bonchev–Trinajstić information content (AvgIpc) is 2.44. The summed E-state index contributed by atoms with van der Waals surface area (Å²) in [6.45, 7) is 0.461. The summed E-state index contributed by atoms with van der Waals surface area (Å²) >= 11 is 4.74. The topological polar surface area (TPSA) is 81.4 Å². The number of methoxy groups -OCH3 is 1. The predicted octanol–water partition coefficient (Wildman–Crippen LogP) is 2.19. The number of benzene rings is 1. The second kappa shape index (κ2) is 8.86. The zero-order valence-corrected chi connectivity index (χ0v) is 13.6. The number of nitrogens with two attached hydrogens (primary N) is 1. The molecular weight excluding hydrogens is 344 g/mol. The molecule has 1 amide bonds. The first kappa shape index (κ1) is 16.8. The normalized spacial score (nSPS) is 10.1. The van der Waals surface area contributed by atoms with E-state index in [1.165, 1.54) is 18.9 Å². The molecule has 0 spiro atoms. The van der Waals surface area contributed by atoms with Crippen molar-refractivity contribution in [2.75, 3.05) is 25.1 Å². The van der Waals surface area contributed by atoms with Crippen LogP contribution in [0.1, 0.15) is 12.8 Å². The van der Waals surface area contributed by atoms with Gasteiger partial charge in [-0.2, -0.15) is 0 Å². The van der Waals surface area contributed by atoms with E-state index in [2.05, 4.69) is 26.0 Å². The molecule has 0 saturated heterocycles. The van der Waals surface area contributed by atoms with Gasteiger partial charge in [0.2, 0.25) is 5.91 Å². The van der Waals surface area contributed by atoms with Crippen molar-refractivity contribution in [2.45, 2.75) is 17.7 Å². The van der Waals surface area contributed by atoms with E-state index in [4.69, 9.17) is 5.73 Å². The van der Waals surface area contributed by atoms with Gasteiger partial charge in [0.05, 0.1) is 12.9 Å². The van der Waals surface area contributed by atoms with Gasteiger partial charge < -0.3 is 15.8 Å². The van der Waals surface area contributed by atoms with Crippen LogP contribution in [0.4, 0.5) is 5.69 Å². The molecule has 20 heavy (non-hydrogen) atoms. The van der Waals surface area contributed by atoms with E-state index < -0.39 is 0 Å². The molecule has 3 N–H and O–H groups in total. The number of esters is 1. The fourth-order valence-electron chi connectivity index (χ4n) is 1.39. The molecule has 0 aliphatic carbocycles. The first-order valence-electron chi connectivity index (χ1n) is 6.04. The Hall–Kier alpha value is -1.21. The van der Waals surface area contributed by atoms with E-state index in [1.807, 2.05) is 12.1 Å². The Balaban J connectivity index is 2.26. The Kier molecular flexibility index (Phi) is 7.46. The fourth-order valence-corrected chi connectivity index (χ4v) is 2.74. The maximum absolute atomic E-state index is 11.6. The third-order valence-electron chi connectivity index (χ3n) is 2.44. The van der Waals surface area contributed by atoms with Crippen LogP contribution in [0.25, 0.3) is 0 Å². The Morgan fingerprint density at radius 1 is 1.45 bits per heavy atom. The van der Waals surface area contributed by atoms with E-state index in [9.17, 15) is 9.59 Å². The van der Waals surface area contributed by atoms with Crippen molar-refractivity contribution < 1.29 is 14.3 Å². The number of hydrogen-bond acceptors (Lipinski definition) is 5. The molecule has 0 fully saturated rings. The van der Waals surface area contributed by atoms with Gasteiger partial charge >= 0.3 is 5.97 Å². The van der Waals surface area contributed by atoms with Gasteiger partial charge in [-0.25, -0.2) is 0 Å². The molecule has 0 aliphatic rings. The number of carbonyl (C=O) groups is 2. The monoisotopic (exact) mass is 360 g/mol. The van der Waals surface area contributed by atoms with Gasteiger partial charge in [0, 0.05) is 28.0 Å². The minimum absolute atomic E-state index is 0.0840. The third kappa shape index (κ3) is 6.29. The Morgan fingerprint density at radius 3 is 2.90 bits per heavy atom. The SMILES string of the molecule is COC(=O)CCCNC(=O)CSc1cc(Br)ccc1N. The smallest absolute Gasteiger partial charge is 0.305 e. The molecule has 0 unspecified atom stereocenters. The summed E-state index contributed by atoms with van der Waals surface area (Å²) < 4.78 is 5.44. The molecule has 5 nitrogen and oxygen atoms in total. The van der Waals surface area contributed by atoms with Gasteiger partial charge in [-0.15, -0.1) is 11.8 Å². The lowest BCUT2D eigenvalue weighted by Gasteiger charge is -2.07. The van der Waals surface area contributed by atoms with Crippen molar-refractivity contribution in [3.05, 3.63) is 22.7 Å². The predicted molar refractivity (Wildman–Crippen MR) is 83.5 cm³/mol. The van der Waals surface area contributed by atoms with Crippen LogP contribution < -0.4 is 11.1 Å². The first-order chi connectivity index (χ1) is 9.52. The number of thioether (sulfide) groups is 1. The molecule has 0 atom stereocenters. The minimum atomic E-state index is -0.268. The highest BCUT2D eigenvalue weighted by molar-refractivity contribution is 9.10. The van der Waals surface area contributed by atoms with Gasteiger partial charge in [-0.1, -0.05) is 15.9 Å². The molecule has 0 radical (unpaired) electrons. The summed E-state index contributed by atoms with van der Waals surface area (Å²) in [4.78, 5) is 23.4. The number of anilines is 1. The summed E-state index contributed by atoms with van der Waals surface area (Å²) in [5.74, 6) is -0.0615. The van der Waals surface area contributed by atoms with E-state index >= 15 is 0 Å². The molecule has 0 bridgehead atoms. The van der Waals surface area contributed by atoms with Gasteiger partial charge in [0.15, 0.2) is 0 Å². The summed E-state index contributed by atoms with van der Waals surface area (Å²) in [6.07, 6.45) is 0.880. The molecule has 1 rings (SSSR count). The molecule has 0 aromatic heterocycles. The summed E-state index contributed by atoms with van der Waals surface area (Å²) in [6, 6.07) is 5.53. The molecule has 7 heteroatoms. The van der Waals surface area contributed by atoms with Crippen molar-refractivity contribution in [1.29, 1.82) is 0 Å². The third-order valence-corrected chi connectivity index (χ3v) is 4.01. The van der Waals surface area contributed by atoms with Crippen LogP contribution in [-0.4, -0.2) is 31.3 Å². The van der Waals surface area contributed by atoms with E-state index in [0.717, 1.165) is 9.37 Å². The number of hydrogen-bond donors (Lipinski definition) is 2. The lowest BCUT2D eigenvalue weighted by molar-refractivity contribution is -0.140. The lowest BCUT2D eigenvalue weighted by Crippen LogP contribution is -2.26. The van der Waals surface area contributed by atoms with Crippen molar-refractivity contribution in [3.8, 4) is 0 Å². The summed E-state index contributed by atoms with van der Waals surface area (Å²) in [5, 5.41) is 2.75. The molecule has 1 aromatic carbocycles. The van der Waals surface area contributed by atoms with E-state index in [-0.39, 0.29) is 11.9 Å². The lowest BCUT2D eigenvalue weighted by atomic mass is 10.3. The molecule has 0 saturated carbocycles. The fraction of sp³-hybridized carbons (Fsp3) is 0.385. The average molecular weight is 361 g/mol. The Bertz CT molecular complexity index is 483. The number of carbonyl (C=O) groups excluding carboxylic acids is 2. The van der Waals surface area contributed by atoms with Crippen molar-refractivity contribution in [3.63, 3.8) is 0 Å². The van der Waals surface area contributed by atoms with Gasteiger partial charge in [-0.3, -0.25) is 9.59 Å². The zero-order valence-electron chi connectivity index (χ0n) is 11.1. The van der Waals surface area contributed by atoms with Gasteiger partial charge in [0.1, 0.15) is 0 Å². The first-order valence-corrected chi connectivity index (χ1v) is 7.82. The highest BCUT2D eigenvalue weighted by Gasteiger charge is 2.06. The minimum Gasteiger partial charge on any atom is -0.469 e. The van der Waals surface area contributed by atoms with E-state index in [1.54, 1.807) is 6.07 Å². The van der Waals surface area contributed by atoms with Crippen molar-refractivity contribution in [2.24, 2.45) is 0 Å². The van der Waals surface area contributed by atoms with Crippen LogP contribution in [0.15, 0.2) is 27.6 Å². The molecule has 1 aromatic rings. The largest absolute Gasteiger partial charge is 0.469 e. The number of halogens is 1. The summed E-state index contributed by atoms with van der Waals surface area (Å²) in [5.41, 5.74) is 6.47. The van der Waals surface area contributed by atoms with Crippen LogP contribution in [-0.2, 0) is 14.3 Å². The Morgan fingerprint density at radius 2 is 2.20 bits per heavy atom. The molecular formula is C13H17BrN2O3S. The van der Waals surface area contributed by atoms with Crippen molar-refractivity contribution in [1.82, 2.24) is 5.32 Å². The maximum Gasteiger partial charge on any atom is 0.305 e. The van der Waals surface area contributed by atoms with Crippen LogP contribution in [0, 0.1) is 0 Å². The molecule has 110 valence electrons. The van der Waals surface area contributed by atoms with E-state index in [0.29, 0.717) is 30.8 Å². The highest BCUT2D eigenvalue weighted by Crippen LogP contribution is 2.27. The van der Waals surface area contributed by atoms with Crippen LogP contribution in [0.3, 0.4) is 0 Å². The number of nitrogen functional groups attached to an aromatic ring is 1. The molecule has 0 aliphatic heterocycles. The maximum atomic E-state index is 11.6. The second-order valence-electron chi connectivity index (χ2n) is 4.00. The number of ether oxygens (including phenoxy) is 1. The quantitative estimate of drug-likeness (QED) is 0.337. The number of nitrogens with one attached hydrogen (secondary N) is 1.